The fourth-order valence-electron chi connectivity index (χ4n) is 2.18. The Kier molecular flexibility index (Phi) is 5.57. The van der Waals surface area contributed by atoms with Crippen molar-refractivity contribution in [3.05, 3.63) is 22.4 Å². The van der Waals surface area contributed by atoms with Crippen LogP contribution in [-0.4, -0.2) is 17.0 Å². The zero-order valence-electron chi connectivity index (χ0n) is 11.2. The molecule has 0 spiro atoms. The topological polar surface area (TPSA) is 24.4 Å². The molecular weight excluding hydrogens is 260 g/mol. The molecule has 0 radical (unpaired) electrons. The van der Waals surface area contributed by atoms with Crippen LogP contribution in [0.4, 0.5) is 0 Å². The largest absolute Gasteiger partial charge is 0.357 e. The van der Waals surface area contributed by atoms with Gasteiger partial charge in [0.15, 0.2) is 5.17 Å². The molecule has 1 aromatic rings. The van der Waals surface area contributed by atoms with Crippen molar-refractivity contribution in [2.45, 2.75) is 50.8 Å². The Hall–Kier alpha value is -0.480. The van der Waals surface area contributed by atoms with Crippen molar-refractivity contribution < 1.29 is 0 Å². The van der Waals surface area contributed by atoms with Crippen LogP contribution < -0.4 is 5.32 Å². The minimum atomic E-state index is 0.446. The van der Waals surface area contributed by atoms with E-state index in [0.717, 1.165) is 11.7 Å². The lowest BCUT2D eigenvalue weighted by Gasteiger charge is -2.17. The third kappa shape index (κ3) is 3.75. The van der Waals surface area contributed by atoms with Crippen LogP contribution in [0.2, 0.25) is 0 Å². The lowest BCUT2D eigenvalue weighted by molar-refractivity contribution is 0.593. The first-order chi connectivity index (χ1) is 8.83. The van der Waals surface area contributed by atoms with Crippen LogP contribution >= 0.6 is 23.1 Å². The van der Waals surface area contributed by atoms with Crippen molar-refractivity contribution in [3.63, 3.8) is 0 Å². The summed E-state index contributed by atoms with van der Waals surface area (Å²) in [7, 11) is 0. The van der Waals surface area contributed by atoms with Crippen LogP contribution in [-0.2, 0) is 0 Å². The van der Waals surface area contributed by atoms with E-state index in [1.807, 2.05) is 23.1 Å². The van der Waals surface area contributed by atoms with Crippen LogP contribution in [0.15, 0.2) is 22.5 Å². The highest BCUT2D eigenvalue weighted by Crippen LogP contribution is 2.28. The monoisotopic (exact) mass is 282 g/mol. The van der Waals surface area contributed by atoms with Crippen molar-refractivity contribution in [2.24, 2.45) is 4.99 Å². The highest BCUT2D eigenvalue weighted by atomic mass is 32.2. The normalized spacial score (nSPS) is 20.8. The van der Waals surface area contributed by atoms with E-state index in [1.165, 1.54) is 30.6 Å². The molecule has 0 amide bonds. The van der Waals surface area contributed by atoms with E-state index < -0.39 is 0 Å². The van der Waals surface area contributed by atoms with E-state index in [0.29, 0.717) is 11.3 Å². The van der Waals surface area contributed by atoms with E-state index in [2.05, 4.69) is 41.7 Å². The molecule has 0 saturated carbocycles. The molecule has 2 atom stereocenters. The van der Waals surface area contributed by atoms with Gasteiger partial charge in [0, 0.05) is 10.1 Å². The number of rotatable bonds is 6. The maximum absolute atomic E-state index is 4.64. The molecule has 0 bridgehead atoms. The Morgan fingerprint density at radius 1 is 1.44 bits per heavy atom. The number of nitrogens with zero attached hydrogens (tertiary/aromatic N) is 1. The molecular formula is C14H22N2S2. The van der Waals surface area contributed by atoms with Crippen LogP contribution in [0.25, 0.3) is 0 Å². The Morgan fingerprint density at radius 2 is 2.33 bits per heavy atom. The summed E-state index contributed by atoms with van der Waals surface area (Å²) < 4.78 is 0. The standard InChI is InChI=1S/C14H22N2S2/c1-3-6-11-10-15-14(18-11)16-12(7-4-2)13-8-5-9-17-13/h5,8-9,11-12H,3-4,6-7,10H2,1-2H3,(H,15,16). The Morgan fingerprint density at radius 3 is 3.00 bits per heavy atom. The average Bonchev–Trinajstić information content (AvgIpc) is 3.00. The van der Waals surface area contributed by atoms with Crippen molar-refractivity contribution in [1.82, 2.24) is 5.32 Å². The molecule has 0 aromatic carbocycles. The molecule has 2 rings (SSSR count). The summed E-state index contributed by atoms with van der Waals surface area (Å²) in [6, 6.07) is 4.80. The maximum atomic E-state index is 4.64. The maximum Gasteiger partial charge on any atom is 0.157 e. The highest BCUT2D eigenvalue weighted by molar-refractivity contribution is 8.14. The van der Waals surface area contributed by atoms with Gasteiger partial charge in [0.2, 0.25) is 0 Å². The van der Waals surface area contributed by atoms with E-state index in [1.54, 1.807) is 0 Å². The van der Waals surface area contributed by atoms with Gasteiger partial charge in [-0.15, -0.1) is 11.3 Å². The lowest BCUT2D eigenvalue weighted by atomic mass is 10.1. The minimum absolute atomic E-state index is 0.446. The third-order valence-electron chi connectivity index (χ3n) is 3.09. The molecule has 2 unspecified atom stereocenters. The van der Waals surface area contributed by atoms with Gasteiger partial charge in [-0.3, -0.25) is 4.99 Å². The number of thioether (sulfide) groups is 1. The molecule has 18 heavy (non-hydrogen) atoms. The van der Waals surface area contributed by atoms with Gasteiger partial charge in [0.25, 0.3) is 0 Å². The van der Waals surface area contributed by atoms with E-state index in [9.17, 15) is 0 Å². The molecule has 2 nitrogen and oxygen atoms in total. The van der Waals surface area contributed by atoms with Gasteiger partial charge in [-0.2, -0.15) is 0 Å². The molecule has 0 aliphatic carbocycles. The Labute approximate surface area is 118 Å². The van der Waals surface area contributed by atoms with Crippen LogP contribution in [0, 0.1) is 0 Å². The average molecular weight is 282 g/mol. The fourth-order valence-corrected chi connectivity index (χ4v) is 4.17. The minimum Gasteiger partial charge on any atom is -0.357 e. The van der Waals surface area contributed by atoms with Gasteiger partial charge >= 0.3 is 0 Å². The molecule has 0 fully saturated rings. The molecule has 1 aliphatic heterocycles. The van der Waals surface area contributed by atoms with Gasteiger partial charge in [-0.1, -0.05) is 44.5 Å². The molecule has 1 aromatic heterocycles. The predicted molar refractivity (Wildman–Crippen MR) is 83.7 cm³/mol. The zero-order valence-corrected chi connectivity index (χ0v) is 12.8. The summed E-state index contributed by atoms with van der Waals surface area (Å²) in [6.45, 7) is 5.48. The molecule has 2 heterocycles. The fraction of sp³-hybridized carbons (Fsp3) is 0.643. The number of aliphatic imine (C=N–C) groups is 1. The SMILES string of the molecule is CCCC1CN=C(NC(CCC)c2cccs2)S1. The lowest BCUT2D eigenvalue weighted by Crippen LogP contribution is -2.25. The molecule has 4 heteroatoms. The number of hydrogen-bond donors (Lipinski definition) is 1. The van der Waals surface area contributed by atoms with Crippen molar-refractivity contribution in [1.29, 1.82) is 0 Å². The molecule has 1 aliphatic rings. The van der Waals surface area contributed by atoms with Crippen LogP contribution in [0.1, 0.15) is 50.4 Å². The number of hydrogen-bond acceptors (Lipinski definition) is 4. The Balaban J connectivity index is 1.90. The molecule has 1 N–H and O–H groups in total. The van der Waals surface area contributed by atoms with Crippen LogP contribution in [0.3, 0.4) is 0 Å². The van der Waals surface area contributed by atoms with Crippen molar-refractivity contribution >= 4 is 28.3 Å². The smallest absolute Gasteiger partial charge is 0.157 e. The summed E-state index contributed by atoms with van der Waals surface area (Å²) in [4.78, 5) is 6.07. The first kappa shape index (κ1) is 13.9. The first-order valence-corrected chi connectivity index (χ1v) is 8.60. The van der Waals surface area contributed by atoms with Gasteiger partial charge in [-0.25, -0.2) is 0 Å². The van der Waals surface area contributed by atoms with E-state index in [4.69, 9.17) is 0 Å². The predicted octanol–water partition coefficient (Wildman–Crippen LogP) is 4.45. The molecule has 100 valence electrons. The zero-order chi connectivity index (χ0) is 12.8. The van der Waals surface area contributed by atoms with E-state index >= 15 is 0 Å². The highest BCUT2D eigenvalue weighted by Gasteiger charge is 2.21. The summed E-state index contributed by atoms with van der Waals surface area (Å²) >= 11 is 3.77. The Bertz CT molecular complexity index is 373. The van der Waals surface area contributed by atoms with Gasteiger partial charge in [0.05, 0.1) is 12.6 Å². The molecule has 0 saturated heterocycles. The van der Waals surface area contributed by atoms with Crippen LogP contribution in [0.5, 0.6) is 0 Å². The summed E-state index contributed by atoms with van der Waals surface area (Å²) in [5.74, 6) is 0. The second-order valence-corrected chi connectivity index (χ2v) is 6.94. The van der Waals surface area contributed by atoms with Gasteiger partial charge in [-0.05, 0) is 24.3 Å². The van der Waals surface area contributed by atoms with Crippen molar-refractivity contribution in [3.8, 4) is 0 Å². The second-order valence-electron chi connectivity index (χ2n) is 4.68. The van der Waals surface area contributed by atoms with E-state index in [-0.39, 0.29) is 0 Å². The summed E-state index contributed by atoms with van der Waals surface area (Å²) in [5, 5.41) is 7.64. The third-order valence-corrected chi connectivity index (χ3v) is 5.26. The first-order valence-electron chi connectivity index (χ1n) is 6.84. The summed E-state index contributed by atoms with van der Waals surface area (Å²) in [6.07, 6.45) is 4.91. The summed E-state index contributed by atoms with van der Waals surface area (Å²) in [5.41, 5.74) is 0. The number of nitrogens with one attached hydrogen (secondary N) is 1. The van der Waals surface area contributed by atoms with Crippen molar-refractivity contribution in [2.75, 3.05) is 6.54 Å². The van der Waals surface area contributed by atoms with Gasteiger partial charge < -0.3 is 5.32 Å². The quantitative estimate of drug-likeness (QED) is 0.833. The van der Waals surface area contributed by atoms with Gasteiger partial charge in [0.1, 0.15) is 0 Å². The number of thiophene rings is 1. The second kappa shape index (κ2) is 7.19. The number of amidine groups is 1.